The fraction of sp³-hybridized carbons (Fsp3) is 0.492. The molecule has 354 valence electrons. The molecule has 2 nitrogen and oxygen atoms in total. The van der Waals surface area contributed by atoms with Gasteiger partial charge in [0.1, 0.15) is 11.0 Å². The number of aromatic nitrogens is 2. The minimum absolute atomic E-state index is 0.00462. The Labute approximate surface area is 422 Å². The van der Waals surface area contributed by atoms with E-state index in [4.69, 9.17) is 9.97 Å². The molecule has 0 saturated heterocycles. The van der Waals surface area contributed by atoms with Crippen LogP contribution in [0.25, 0.3) is 55.8 Å². The van der Waals surface area contributed by atoms with Crippen LogP contribution in [0, 0.1) is 0 Å². The van der Waals surface area contributed by atoms with Crippen LogP contribution in [0.2, 0.25) is 0 Å². The third-order valence-corrected chi connectivity index (χ3v) is 17.2. The highest BCUT2D eigenvalue weighted by Gasteiger charge is 2.43. The van der Waals surface area contributed by atoms with Gasteiger partial charge in [0.05, 0.1) is 11.4 Å². The Morgan fingerprint density at radius 2 is 0.761 bits per heavy atom. The Bertz CT molecular complexity index is 2560. The van der Waals surface area contributed by atoms with Gasteiger partial charge in [-0.2, -0.15) is 0 Å². The molecule has 5 aromatic carbocycles. The number of halogens is 2. The molecule has 4 heteroatoms. The van der Waals surface area contributed by atoms with Crippen molar-refractivity contribution in [3.8, 4) is 44.8 Å². The number of fused-ring (bicyclic) bond motifs is 7. The van der Waals surface area contributed by atoms with Crippen LogP contribution in [-0.2, 0) is 10.8 Å². The maximum Gasteiger partial charge on any atom is 0.105 e. The molecule has 2 aliphatic rings. The van der Waals surface area contributed by atoms with Gasteiger partial charge in [0.25, 0.3) is 0 Å². The first-order valence-corrected chi connectivity index (χ1v) is 28.6. The summed E-state index contributed by atoms with van der Waals surface area (Å²) in [6.45, 7) is 9.49. The predicted molar refractivity (Wildman–Crippen MR) is 296 cm³/mol. The quantitative estimate of drug-likeness (QED) is 0.0481. The van der Waals surface area contributed by atoms with E-state index in [-0.39, 0.29) is 10.8 Å². The summed E-state index contributed by atoms with van der Waals surface area (Å²) in [7, 11) is 0. The van der Waals surface area contributed by atoms with Crippen molar-refractivity contribution in [1.29, 1.82) is 0 Å². The van der Waals surface area contributed by atoms with Gasteiger partial charge in [-0.25, -0.2) is 9.97 Å². The Kier molecular flexibility index (Phi) is 17.7. The molecular weight excluding hydrogens is 945 g/mol. The van der Waals surface area contributed by atoms with Crippen molar-refractivity contribution >= 4 is 42.9 Å². The molecule has 6 aromatic rings. The maximum atomic E-state index is 5.59. The number of rotatable bonds is 27. The second kappa shape index (κ2) is 23.8. The van der Waals surface area contributed by atoms with Gasteiger partial charge < -0.3 is 0 Å². The van der Waals surface area contributed by atoms with E-state index in [0.717, 1.165) is 61.8 Å². The van der Waals surface area contributed by atoms with Crippen molar-refractivity contribution in [2.45, 2.75) is 199 Å². The van der Waals surface area contributed by atoms with Crippen molar-refractivity contribution in [1.82, 2.24) is 9.97 Å². The number of benzene rings is 5. The van der Waals surface area contributed by atoms with E-state index in [0.29, 0.717) is 0 Å². The predicted octanol–water partition coefficient (Wildman–Crippen LogP) is 20.9. The third-order valence-electron chi connectivity index (χ3n) is 15.9. The lowest BCUT2D eigenvalue weighted by atomic mass is 9.70. The van der Waals surface area contributed by atoms with Crippen LogP contribution < -0.4 is 0 Å². The third kappa shape index (κ3) is 10.9. The zero-order chi connectivity index (χ0) is 46.6. The van der Waals surface area contributed by atoms with Gasteiger partial charge in [-0.3, -0.25) is 0 Å². The molecule has 1 heterocycles. The first kappa shape index (κ1) is 49.8. The van der Waals surface area contributed by atoms with E-state index in [1.165, 1.54) is 186 Å². The van der Waals surface area contributed by atoms with Crippen LogP contribution in [0.3, 0.4) is 0 Å². The molecule has 0 radical (unpaired) electrons. The average Bonchev–Trinajstić information content (AvgIpc) is 3.77. The lowest BCUT2D eigenvalue weighted by Gasteiger charge is -2.33. The van der Waals surface area contributed by atoms with Crippen LogP contribution in [0.4, 0.5) is 0 Å². The van der Waals surface area contributed by atoms with Gasteiger partial charge in [0.2, 0.25) is 0 Å². The molecule has 2 aliphatic carbocycles. The molecule has 67 heavy (non-hydrogen) atoms. The summed E-state index contributed by atoms with van der Waals surface area (Å²) in [5.41, 5.74) is 17.3. The van der Waals surface area contributed by atoms with Crippen LogP contribution in [0.5, 0.6) is 0 Å². The first-order valence-electron chi connectivity index (χ1n) is 27.0. The van der Waals surface area contributed by atoms with E-state index in [1.807, 2.05) is 0 Å². The van der Waals surface area contributed by atoms with E-state index in [1.54, 1.807) is 0 Å². The zero-order valence-corrected chi connectivity index (χ0v) is 44.7. The summed E-state index contributed by atoms with van der Waals surface area (Å²) in [6.07, 6.45) is 33.5. The number of nitrogens with zero attached hydrogens (tertiary/aromatic N) is 2. The van der Waals surface area contributed by atoms with E-state index in [2.05, 4.69) is 157 Å². The van der Waals surface area contributed by atoms with Crippen molar-refractivity contribution < 1.29 is 0 Å². The molecule has 0 spiro atoms. The molecule has 0 bridgehead atoms. The van der Waals surface area contributed by atoms with Crippen molar-refractivity contribution in [3.63, 3.8) is 0 Å². The monoisotopic (exact) mass is 1020 g/mol. The smallest absolute Gasteiger partial charge is 0.105 e. The first-order chi connectivity index (χ1) is 32.8. The zero-order valence-electron chi connectivity index (χ0n) is 41.6. The molecule has 0 aliphatic heterocycles. The molecular formula is C63H78Br2N2. The molecule has 1 aromatic heterocycles. The largest absolute Gasteiger partial charge is 0.243 e. The summed E-state index contributed by atoms with van der Waals surface area (Å²) < 4.78 is 1.92. The molecule has 0 saturated carbocycles. The lowest BCUT2D eigenvalue weighted by molar-refractivity contribution is 0.414. The molecule has 1 unspecified atom stereocenters. The van der Waals surface area contributed by atoms with E-state index < -0.39 is 0 Å². The summed E-state index contributed by atoms with van der Waals surface area (Å²) in [6, 6.07) is 37.0. The normalized spacial score (nSPS) is 15.5. The summed E-state index contributed by atoms with van der Waals surface area (Å²) in [5.74, 6) is 0. The van der Waals surface area contributed by atoms with Crippen molar-refractivity contribution in [2.75, 3.05) is 0 Å². The van der Waals surface area contributed by atoms with Crippen LogP contribution in [0.15, 0.2) is 106 Å². The summed E-state index contributed by atoms with van der Waals surface area (Å²) in [4.78, 5) is 11.2. The minimum Gasteiger partial charge on any atom is -0.243 e. The Balaban J connectivity index is 1.01. The Hall–Kier alpha value is -3.60. The van der Waals surface area contributed by atoms with Gasteiger partial charge >= 0.3 is 0 Å². The molecule has 0 amide bonds. The SMILES string of the molecule is CCCCCCCCCCCCCCCCCCCCC1(C)c2ccccc2-c2ccc(-c3nc4c(Br)ccc(Br)c4nc3-c3ccc4c(c3)C(CCCC)(CCCC)c3ccccc3-4)cc21. The van der Waals surface area contributed by atoms with Crippen LogP contribution >= 0.6 is 31.9 Å². The maximum absolute atomic E-state index is 5.59. The second-order valence-corrected chi connectivity index (χ2v) is 22.3. The van der Waals surface area contributed by atoms with Gasteiger partial charge in [0, 0.05) is 30.9 Å². The molecule has 0 N–H and O–H groups in total. The van der Waals surface area contributed by atoms with Crippen molar-refractivity contribution in [3.05, 3.63) is 128 Å². The number of hydrogen-bond donors (Lipinski definition) is 0. The minimum atomic E-state index is -0.0669. The van der Waals surface area contributed by atoms with Gasteiger partial charge in [-0.1, -0.05) is 242 Å². The second-order valence-electron chi connectivity index (χ2n) is 20.6. The van der Waals surface area contributed by atoms with E-state index >= 15 is 0 Å². The summed E-state index contributed by atoms with van der Waals surface area (Å²) in [5, 5.41) is 0. The Morgan fingerprint density at radius 1 is 0.373 bits per heavy atom. The summed E-state index contributed by atoms with van der Waals surface area (Å²) >= 11 is 7.77. The van der Waals surface area contributed by atoms with Crippen LogP contribution in [0.1, 0.15) is 210 Å². The highest BCUT2D eigenvalue weighted by Crippen LogP contribution is 2.56. The number of unbranched alkanes of at least 4 members (excludes halogenated alkanes) is 19. The highest BCUT2D eigenvalue weighted by atomic mass is 79.9. The van der Waals surface area contributed by atoms with Gasteiger partial charge in [-0.15, -0.1) is 0 Å². The van der Waals surface area contributed by atoms with Gasteiger partial charge in [-0.05, 0) is 120 Å². The standard InChI is InChI=1S/C63H78Br2N2/c1-5-8-11-12-13-14-15-16-17-18-19-20-21-22-23-24-25-30-41-62(4)52-33-28-26-31-48(52)50-37-35-46(44-54(50)62)58-59(67-61-57(65)40-39-56(64)60(61)66-58)47-36-38-51-49-32-27-29-34-53(49)63(42-9-6-2,43-10-7-3)55(51)45-47/h26-29,31-40,44-45H,5-25,30,41-43H2,1-4H3. The Morgan fingerprint density at radius 3 is 1.25 bits per heavy atom. The van der Waals surface area contributed by atoms with E-state index in [9.17, 15) is 0 Å². The van der Waals surface area contributed by atoms with Gasteiger partial charge in [0.15, 0.2) is 0 Å². The molecule has 8 rings (SSSR count). The lowest BCUT2D eigenvalue weighted by Crippen LogP contribution is -2.25. The fourth-order valence-corrected chi connectivity index (χ4v) is 12.9. The van der Waals surface area contributed by atoms with Crippen LogP contribution in [-0.4, -0.2) is 9.97 Å². The fourth-order valence-electron chi connectivity index (χ4n) is 12.1. The average molecular weight is 1020 g/mol. The molecule has 1 atom stereocenters. The molecule has 0 fully saturated rings. The topological polar surface area (TPSA) is 25.8 Å². The van der Waals surface area contributed by atoms with Crippen molar-refractivity contribution in [2.24, 2.45) is 0 Å². The number of hydrogen-bond acceptors (Lipinski definition) is 2. The highest BCUT2D eigenvalue weighted by molar-refractivity contribution is 9.11.